The first-order valence-electron chi connectivity index (χ1n) is 5.98. The molecule has 0 fully saturated rings. The van der Waals surface area contributed by atoms with Crippen LogP contribution in [0.15, 0.2) is 18.2 Å². The highest BCUT2D eigenvalue weighted by Gasteiger charge is 2.10. The fraction of sp³-hybridized carbons (Fsp3) is 0.286. The van der Waals surface area contributed by atoms with Crippen LogP contribution in [0.4, 0.5) is 5.82 Å². The first-order chi connectivity index (χ1) is 9.01. The smallest absolute Gasteiger partial charge is 0.227 e. The highest BCUT2D eigenvalue weighted by atomic mass is 35.5. The van der Waals surface area contributed by atoms with Gasteiger partial charge in [-0.25, -0.2) is 4.98 Å². The minimum absolute atomic E-state index is 0.554. The van der Waals surface area contributed by atoms with Crippen molar-refractivity contribution in [2.75, 3.05) is 12.4 Å². The molecule has 0 aliphatic carbocycles. The van der Waals surface area contributed by atoms with Gasteiger partial charge in [0.25, 0.3) is 0 Å². The highest BCUT2D eigenvalue weighted by Crippen LogP contribution is 2.29. The summed E-state index contributed by atoms with van der Waals surface area (Å²) in [5, 5.41) is 3.75. The molecular weight excluding hydrogens is 262 g/mol. The SMILES string of the molecule is CNc1nc(C)nc(Oc2ccc(Cl)c(C)c2)c1C. The summed E-state index contributed by atoms with van der Waals surface area (Å²) in [6.07, 6.45) is 0. The second kappa shape index (κ2) is 5.45. The van der Waals surface area contributed by atoms with Gasteiger partial charge in [-0.05, 0) is 44.5 Å². The second-order valence-electron chi connectivity index (χ2n) is 4.31. The average molecular weight is 278 g/mol. The molecule has 0 radical (unpaired) electrons. The van der Waals surface area contributed by atoms with Crippen molar-refractivity contribution in [1.82, 2.24) is 9.97 Å². The third-order valence-electron chi connectivity index (χ3n) is 2.79. The normalized spacial score (nSPS) is 10.4. The number of anilines is 1. The molecule has 100 valence electrons. The zero-order valence-electron chi connectivity index (χ0n) is 11.4. The molecule has 0 amide bonds. The molecule has 2 aromatic rings. The standard InChI is InChI=1S/C14H16ClN3O/c1-8-7-11(5-6-12(8)15)19-14-9(2)13(16-4)17-10(3)18-14/h5-7H,1-4H3,(H,16,17,18). The molecule has 1 aromatic carbocycles. The summed E-state index contributed by atoms with van der Waals surface area (Å²) in [4.78, 5) is 8.62. The quantitative estimate of drug-likeness (QED) is 0.925. The molecule has 4 nitrogen and oxygen atoms in total. The van der Waals surface area contributed by atoms with Crippen molar-refractivity contribution >= 4 is 17.4 Å². The molecule has 0 saturated carbocycles. The summed E-state index contributed by atoms with van der Waals surface area (Å²) in [6, 6.07) is 5.53. The maximum Gasteiger partial charge on any atom is 0.227 e. The van der Waals surface area contributed by atoms with Crippen LogP contribution in [0.2, 0.25) is 5.02 Å². The van der Waals surface area contributed by atoms with Crippen molar-refractivity contribution in [3.8, 4) is 11.6 Å². The van der Waals surface area contributed by atoms with Gasteiger partial charge < -0.3 is 10.1 Å². The summed E-state index contributed by atoms with van der Waals surface area (Å²) in [5.41, 5.74) is 1.84. The molecular formula is C14H16ClN3O. The lowest BCUT2D eigenvalue weighted by atomic mass is 10.2. The Labute approximate surface area is 117 Å². The van der Waals surface area contributed by atoms with Crippen LogP contribution in [-0.2, 0) is 0 Å². The first kappa shape index (κ1) is 13.6. The number of hydrogen-bond donors (Lipinski definition) is 1. The van der Waals surface area contributed by atoms with E-state index in [0.29, 0.717) is 17.5 Å². The molecule has 1 heterocycles. The van der Waals surface area contributed by atoms with Crippen molar-refractivity contribution in [2.45, 2.75) is 20.8 Å². The number of aryl methyl sites for hydroxylation is 2. The molecule has 0 unspecified atom stereocenters. The van der Waals surface area contributed by atoms with E-state index < -0.39 is 0 Å². The van der Waals surface area contributed by atoms with Crippen LogP contribution < -0.4 is 10.1 Å². The van der Waals surface area contributed by atoms with Crippen LogP contribution >= 0.6 is 11.6 Å². The van der Waals surface area contributed by atoms with Crippen molar-refractivity contribution < 1.29 is 4.74 Å². The van der Waals surface area contributed by atoms with Gasteiger partial charge in [0, 0.05) is 12.1 Å². The number of ether oxygens (including phenoxy) is 1. The third-order valence-corrected chi connectivity index (χ3v) is 3.22. The number of hydrogen-bond acceptors (Lipinski definition) is 4. The monoisotopic (exact) mass is 277 g/mol. The largest absolute Gasteiger partial charge is 0.439 e. The highest BCUT2D eigenvalue weighted by molar-refractivity contribution is 6.31. The van der Waals surface area contributed by atoms with E-state index in [-0.39, 0.29) is 0 Å². The zero-order valence-corrected chi connectivity index (χ0v) is 12.2. The number of benzene rings is 1. The van der Waals surface area contributed by atoms with E-state index in [1.54, 1.807) is 0 Å². The fourth-order valence-corrected chi connectivity index (χ4v) is 1.86. The van der Waals surface area contributed by atoms with Crippen LogP contribution in [0.3, 0.4) is 0 Å². The third kappa shape index (κ3) is 2.96. The van der Waals surface area contributed by atoms with Gasteiger partial charge in [-0.1, -0.05) is 11.6 Å². The molecule has 19 heavy (non-hydrogen) atoms. The van der Waals surface area contributed by atoms with Gasteiger partial charge in [-0.15, -0.1) is 0 Å². The second-order valence-corrected chi connectivity index (χ2v) is 4.72. The molecule has 0 atom stereocenters. The van der Waals surface area contributed by atoms with E-state index in [2.05, 4.69) is 15.3 Å². The van der Waals surface area contributed by atoms with Crippen molar-refractivity contribution in [2.24, 2.45) is 0 Å². The minimum Gasteiger partial charge on any atom is -0.439 e. The van der Waals surface area contributed by atoms with Crippen molar-refractivity contribution in [3.05, 3.63) is 40.2 Å². The summed E-state index contributed by atoms with van der Waals surface area (Å²) < 4.78 is 5.82. The molecule has 0 saturated heterocycles. The van der Waals surface area contributed by atoms with Gasteiger partial charge in [0.1, 0.15) is 17.4 Å². The number of aromatic nitrogens is 2. The lowest BCUT2D eigenvalue weighted by Crippen LogP contribution is -2.03. The minimum atomic E-state index is 0.554. The molecule has 0 aliphatic rings. The van der Waals surface area contributed by atoms with Crippen LogP contribution in [-0.4, -0.2) is 17.0 Å². The molecule has 2 rings (SSSR count). The van der Waals surface area contributed by atoms with Crippen LogP contribution in [0.1, 0.15) is 17.0 Å². The number of rotatable bonds is 3. The Kier molecular flexibility index (Phi) is 3.90. The Morgan fingerprint density at radius 1 is 1.16 bits per heavy atom. The van der Waals surface area contributed by atoms with Crippen molar-refractivity contribution in [1.29, 1.82) is 0 Å². The van der Waals surface area contributed by atoms with Gasteiger partial charge in [-0.3, -0.25) is 0 Å². The molecule has 1 N–H and O–H groups in total. The maximum absolute atomic E-state index is 6.00. The Morgan fingerprint density at radius 3 is 2.53 bits per heavy atom. The van der Waals surface area contributed by atoms with Crippen LogP contribution in [0.25, 0.3) is 0 Å². The Hall–Kier alpha value is -1.81. The fourth-order valence-electron chi connectivity index (χ4n) is 1.74. The van der Waals surface area contributed by atoms with E-state index in [9.17, 15) is 0 Å². The predicted molar refractivity (Wildman–Crippen MR) is 77.3 cm³/mol. The Balaban J connectivity index is 2.37. The van der Waals surface area contributed by atoms with E-state index in [4.69, 9.17) is 16.3 Å². The summed E-state index contributed by atoms with van der Waals surface area (Å²) >= 11 is 6.00. The average Bonchev–Trinajstić information content (AvgIpc) is 2.37. The summed E-state index contributed by atoms with van der Waals surface area (Å²) in [6.45, 7) is 5.69. The van der Waals surface area contributed by atoms with Gasteiger partial charge in [0.15, 0.2) is 0 Å². The van der Waals surface area contributed by atoms with Gasteiger partial charge in [0.2, 0.25) is 5.88 Å². The lowest BCUT2D eigenvalue weighted by molar-refractivity contribution is 0.456. The van der Waals surface area contributed by atoms with E-state index >= 15 is 0 Å². The molecule has 0 bridgehead atoms. The molecule has 0 aliphatic heterocycles. The van der Waals surface area contributed by atoms with Gasteiger partial charge in [-0.2, -0.15) is 4.98 Å². The zero-order chi connectivity index (χ0) is 14.0. The summed E-state index contributed by atoms with van der Waals surface area (Å²) in [5.74, 6) is 2.70. The Bertz CT molecular complexity index is 614. The van der Waals surface area contributed by atoms with Crippen LogP contribution in [0, 0.1) is 20.8 Å². The first-order valence-corrected chi connectivity index (χ1v) is 6.36. The number of halogens is 1. The molecule has 1 aromatic heterocycles. The maximum atomic E-state index is 6.00. The summed E-state index contributed by atoms with van der Waals surface area (Å²) in [7, 11) is 1.82. The van der Waals surface area contributed by atoms with E-state index in [1.165, 1.54) is 0 Å². The van der Waals surface area contributed by atoms with E-state index in [1.807, 2.05) is 46.0 Å². The lowest BCUT2D eigenvalue weighted by Gasteiger charge is -2.12. The topological polar surface area (TPSA) is 47.0 Å². The Morgan fingerprint density at radius 2 is 1.89 bits per heavy atom. The van der Waals surface area contributed by atoms with Gasteiger partial charge >= 0.3 is 0 Å². The molecule has 0 spiro atoms. The number of nitrogens with one attached hydrogen (secondary N) is 1. The number of nitrogens with zero attached hydrogens (tertiary/aromatic N) is 2. The molecule has 5 heteroatoms. The predicted octanol–water partition coefficient (Wildman–Crippen LogP) is 3.89. The van der Waals surface area contributed by atoms with E-state index in [0.717, 1.165) is 22.0 Å². The van der Waals surface area contributed by atoms with Crippen molar-refractivity contribution in [3.63, 3.8) is 0 Å². The van der Waals surface area contributed by atoms with Crippen LogP contribution in [0.5, 0.6) is 11.6 Å². The van der Waals surface area contributed by atoms with Gasteiger partial charge in [0.05, 0.1) is 5.56 Å².